The summed E-state index contributed by atoms with van der Waals surface area (Å²) in [6.07, 6.45) is 0.842. The molecule has 8 heteroatoms. The number of carbonyl (C=O) groups is 1. The topological polar surface area (TPSA) is 59.8 Å². The van der Waals surface area contributed by atoms with Crippen molar-refractivity contribution in [2.45, 2.75) is 11.6 Å². The Morgan fingerprint density at radius 2 is 1.83 bits per heavy atom. The summed E-state index contributed by atoms with van der Waals surface area (Å²) in [5.41, 5.74) is 1.84. The number of hydrogen-bond donors (Lipinski definition) is 1. The van der Waals surface area contributed by atoms with E-state index in [0.29, 0.717) is 22.5 Å². The first-order chi connectivity index (χ1) is 14.7. The Labute approximate surface area is 188 Å². The lowest BCUT2D eigenvalue weighted by Crippen LogP contribution is -2.27. The number of thioether (sulfide) groups is 1. The molecule has 0 fully saturated rings. The van der Waals surface area contributed by atoms with Crippen LogP contribution in [0.15, 0.2) is 77.3 Å². The Kier molecular flexibility index (Phi) is 6.84. The fourth-order valence-electron chi connectivity index (χ4n) is 2.92. The maximum Gasteiger partial charge on any atom is 0.230 e. The number of nitrogens with zero attached hydrogens (tertiary/aromatic N) is 3. The first-order valence-corrected chi connectivity index (χ1v) is 11.6. The quantitative estimate of drug-likeness (QED) is 0.376. The highest BCUT2D eigenvalue weighted by atomic mass is 35.5. The molecule has 152 valence electrons. The molecule has 2 heterocycles. The number of carbonyl (C=O) groups excluding carboxylic acids is 1. The molecule has 1 amide bonds. The summed E-state index contributed by atoms with van der Waals surface area (Å²) in [6, 6.07) is 21.5. The summed E-state index contributed by atoms with van der Waals surface area (Å²) in [5, 5.41) is 15.1. The van der Waals surface area contributed by atoms with Gasteiger partial charge in [-0.3, -0.25) is 9.36 Å². The van der Waals surface area contributed by atoms with Crippen molar-refractivity contribution in [2.75, 3.05) is 12.3 Å². The van der Waals surface area contributed by atoms with Gasteiger partial charge in [-0.25, -0.2) is 0 Å². The highest BCUT2D eigenvalue weighted by molar-refractivity contribution is 7.99. The fraction of sp³-hybridized carbons (Fsp3) is 0.136. The molecular weight excluding hydrogens is 436 g/mol. The van der Waals surface area contributed by atoms with Crippen molar-refractivity contribution in [3.05, 3.63) is 82.0 Å². The molecule has 1 N–H and O–H groups in total. The number of aromatic nitrogens is 3. The van der Waals surface area contributed by atoms with Crippen LogP contribution in [0, 0.1) is 0 Å². The summed E-state index contributed by atoms with van der Waals surface area (Å²) in [4.78, 5) is 13.6. The zero-order valence-electron chi connectivity index (χ0n) is 16.0. The van der Waals surface area contributed by atoms with Crippen LogP contribution in [0.4, 0.5) is 0 Å². The van der Waals surface area contributed by atoms with Crippen LogP contribution in [0.1, 0.15) is 4.88 Å². The third-order valence-electron chi connectivity index (χ3n) is 4.36. The fourth-order valence-corrected chi connectivity index (χ4v) is 4.54. The Morgan fingerprint density at radius 3 is 2.57 bits per heavy atom. The van der Waals surface area contributed by atoms with Gasteiger partial charge in [-0.1, -0.05) is 47.6 Å². The summed E-state index contributed by atoms with van der Waals surface area (Å²) in [7, 11) is 0. The van der Waals surface area contributed by atoms with Gasteiger partial charge in [-0.05, 0) is 54.3 Å². The number of para-hydroxylation sites is 1. The third kappa shape index (κ3) is 5.11. The van der Waals surface area contributed by atoms with Gasteiger partial charge in [0.15, 0.2) is 11.0 Å². The van der Waals surface area contributed by atoms with Crippen LogP contribution in [-0.4, -0.2) is 33.0 Å². The van der Waals surface area contributed by atoms with Crippen LogP contribution in [0.5, 0.6) is 0 Å². The van der Waals surface area contributed by atoms with Crippen LogP contribution < -0.4 is 5.32 Å². The van der Waals surface area contributed by atoms with E-state index in [-0.39, 0.29) is 11.7 Å². The monoisotopic (exact) mass is 454 g/mol. The minimum atomic E-state index is -0.0211. The van der Waals surface area contributed by atoms with Crippen molar-refractivity contribution in [2.24, 2.45) is 0 Å². The van der Waals surface area contributed by atoms with Gasteiger partial charge in [-0.2, -0.15) is 0 Å². The van der Waals surface area contributed by atoms with Gasteiger partial charge in [0.05, 0.1) is 5.75 Å². The number of benzene rings is 2. The molecule has 4 aromatic rings. The molecule has 2 aromatic carbocycles. The van der Waals surface area contributed by atoms with Crippen LogP contribution in [0.3, 0.4) is 0 Å². The van der Waals surface area contributed by atoms with Crippen molar-refractivity contribution in [3.63, 3.8) is 0 Å². The van der Waals surface area contributed by atoms with Gasteiger partial charge in [0.25, 0.3) is 0 Å². The Bertz CT molecular complexity index is 1100. The largest absolute Gasteiger partial charge is 0.355 e. The normalized spacial score (nSPS) is 10.8. The Balaban J connectivity index is 1.48. The zero-order valence-corrected chi connectivity index (χ0v) is 18.4. The van der Waals surface area contributed by atoms with E-state index < -0.39 is 0 Å². The van der Waals surface area contributed by atoms with Gasteiger partial charge < -0.3 is 5.32 Å². The Morgan fingerprint density at radius 1 is 1.03 bits per heavy atom. The van der Waals surface area contributed by atoms with E-state index in [1.807, 2.05) is 70.6 Å². The minimum Gasteiger partial charge on any atom is -0.355 e. The number of nitrogens with one attached hydrogen (secondary N) is 1. The van der Waals surface area contributed by atoms with E-state index >= 15 is 0 Å². The average Bonchev–Trinajstić information content (AvgIpc) is 3.43. The number of amides is 1. The first kappa shape index (κ1) is 20.7. The van der Waals surface area contributed by atoms with Crippen LogP contribution in [0.25, 0.3) is 17.1 Å². The van der Waals surface area contributed by atoms with Crippen molar-refractivity contribution < 1.29 is 4.79 Å². The lowest BCUT2D eigenvalue weighted by molar-refractivity contribution is -0.118. The van der Waals surface area contributed by atoms with Crippen molar-refractivity contribution >= 4 is 40.6 Å². The van der Waals surface area contributed by atoms with Gasteiger partial charge in [0.2, 0.25) is 5.91 Å². The maximum absolute atomic E-state index is 12.3. The van der Waals surface area contributed by atoms with Gasteiger partial charge in [-0.15, -0.1) is 21.5 Å². The summed E-state index contributed by atoms with van der Waals surface area (Å²) >= 11 is 9.10. The van der Waals surface area contributed by atoms with Crippen LogP contribution >= 0.6 is 34.7 Å². The lowest BCUT2D eigenvalue weighted by atomic mass is 10.2. The minimum absolute atomic E-state index is 0.0211. The summed E-state index contributed by atoms with van der Waals surface area (Å²) in [5.74, 6) is 0.960. The molecule has 0 unspecified atom stereocenters. The molecule has 0 aliphatic carbocycles. The predicted octanol–water partition coefficient (Wildman–Crippen LogP) is 5.10. The second-order valence-corrected chi connectivity index (χ2v) is 8.86. The van der Waals surface area contributed by atoms with E-state index in [2.05, 4.69) is 21.6 Å². The zero-order chi connectivity index (χ0) is 20.8. The second-order valence-electron chi connectivity index (χ2n) is 6.45. The number of halogens is 1. The maximum atomic E-state index is 12.3. The SMILES string of the molecule is O=C(CSc1nnc(-c2ccc(Cl)cc2)n1-c1ccccc1)NCCc1cccs1. The molecule has 2 aromatic heterocycles. The lowest BCUT2D eigenvalue weighted by Gasteiger charge is -2.10. The molecule has 0 saturated heterocycles. The average molecular weight is 455 g/mol. The van der Waals surface area contributed by atoms with E-state index in [1.54, 1.807) is 11.3 Å². The van der Waals surface area contributed by atoms with Crippen LogP contribution in [0.2, 0.25) is 5.02 Å². The van der Waals surface area contributed by atoms with E-state index in [1.165, 1.54) is 16.6 Å². The molecule has 0 saturated carbocycles. The second kappa shape index (κ2) is 9.93. The molecule has 4 rings (SSSR count). The standard InChI is InChI=1S/C22H19ClN4OS2/c23-17-10-8-16(9-11-17)21-25-26-22(27(21)18-5-2-1-3-6-18)30-15-20(28)24-13-12-19-7-4-14-29-19/h1-11,14H,12-13,15H2,(H,24,28). The molecule has 30 heavy (non-hydrogen) atoms. The molecule has 0 aliphatic rings. The van der Waals surface area contributed by atoms with Crippen molar-refractivity contribution in [1.82, 2.24) is 20.1 Å². The molecule has 0 atom stereocenters. The summed E-state index contributed by atoms with van der Waals surface area (Å²) in [6.45, 7) is 0.626. The van der Waals surface area contributed by atoms with Gasteiger partial charge in [0.1, 0.15) is 0 Å². The molecule has 0 spiro atoms. The van der Waals surface area contributed by atoms with Crippen LogP contribution in [-0.2, 0) is 11.2 Å². The smallest absolute Gasteiger partial charge is 0.230 e. The van der Waals surface area contributed by atoms with E-state index in [4.69, 9.17) is 11.6 Å². The predicted molar refractivity (Wildman–Crippen MR) is 124 cm³/mol. The number of hydrogen-bond acceptors (Lipinski definition) is 5. The number of rotatable bonds is 8. The van der Waals surface area contributed by atoms with Crippen molar-refractivity contribution in [1.29, 1.82) is 0 Å². The molecular formula is C22H19ClN4OS2. The number of thiophene rings is 1. The third-order valence-corrected chi connectivity index (χ3v) is 6.47. The molecule has 0 radical (unpaired) electrons. The summed E-state index contributed by atoms with van der Waals surface area (Å²) < 4.78 is 1.97. The van der Waals surface area contributed by atoms with E-state index in [0.717, 1.165) is 17.7 Å². The Hall–Kier alpha value is -2.61. The molecule has 0 bridgehead atoms. The van der Waals surface area contributed by atoms with Gasteiger partial charge >= 0.3 is 0 Å². The first-order valence-electron chi connectivity index (χ1n) is 9.39. The van der Waals surface area contributed by atoms with Crippen molar-refractivity contribution in [3.8, 4) is 17.1 Å². The van der Waals surface area contributed by atoms with Gasteiger partial charge in [0, 0.05) is 27.7 Å². The highest BCUT2D eigenvalue weighted by Crippen LogP contribution is 2.28. The molecule has 0 aliphatic heterocycles. The molecule has 5 nitrogen and oxygen atoms in total. The van der Waals surface area contributed by atoms with E-state index in [9.17, 15) is 4.79 Å². The highest BCUT2D eigenvalue weighted by Gasteiger charge is 2.17.